The Kier molecular flexibility index (Phi) is 4.70. The molecule has 0 saturated carbocycles. The number of benzene rings is 1. The molecule has 0 spiro atoms. The summed E-state index contributed by atoms with van der Waals surface area (Å²) in [4.78, 5) is 32.8. The second-order valence-electron chi connectivity index (χ2n) is 5.46. The van der Waals surface area contributed by atoms with E-state index in [1.54, 1.807) is 49.5 Å². The van der Waals surface area contributed by atoms with Crippen LogP contribution in [0.4, 0.5) is 5.69 Å². The van der Waals surface area contributed by atoms with E-state index in [9.17, 15) is 9.59 Å². The second kappa shape index (κ2) is 7.09. The van der Waals surface area contributed by atoms with E-state index in [0.29, 0.717) is 34.3 Å². The maximum Gasteiger partial charge on any atom is 0.338 e. The van der Waals surface area contributed by atoms with Crippen LogP contribution in [0, 0.1) is 6.92 Å². The number of fused-ring (bicyclic) bond motifs is 1. The smallest absolute Gasteiger partial charge is 0.338 e. The summed E-state index contributed by atoms with van der Waals surface area (Å²) in [6, 6.07) is 10.2. The molecule has 2 heterocycles. The molecule has 0 bridgehead atoms. The number of hydrogen-bond acceptors (Lipinski definition) is 5. The minimum absolute atomic E-state index is 0.276. The third-order valence-electron chi connectivity index (χ3n) is 3.62. The first-order chi connectivity index (χ1) is 12.1. The van der Waals surface area contributed by atoms with Crippen LogP contribution in [0.3, 0.4) is 0 Å². The first-order valence-electron chi connectivity index (χ1n) is 7.88. The Hall–Kier alpha value is -3.28. The van der Waals surface area contributed by atoms with Crippen molar-refractivity contribution in [3.63, 3.8) is 0 Å². The van der Waals surface area contributed by atoms with Crippen LogP contribution in [0.5, 0.6) is 0 Å². The number of esters is 1. The second-order valence-corrected chi connectivity index (χ2v) is 5.46. The van der Waals surface area contributed by atoms with Gasteiger partial charge in [-0.15, -0.1) is 0 Å². The van der Waals surface area contributed by atoms with Gasteiger partial charge in [-0.25, -0.2) is 4.79 Å². The van der Waals surface area contributed by atoms with E-state index in [4.69, 9.17) is 4.74 Å². The number of carbonyl (C=O) groups is 2. The molecule has 0 saturated heterocycles. The summed E-state index contributed by atoms with van der Waals surface area (Å²) in [5.74, 6) is -0.684. The number of carbonyl (C=O) groups excluding carboxylic acids is 2. The van der Waals surface area contributed by atoms with Gasteiger partial charge in [0.15, 0.2) is 0 Å². The molecule has 3 rings (SSSR count). The molecule has 126 valence electrons. The quantitative estimate of drug-likeness (QED) is 0.739. The van der Waals surface area contributed by atoms with Gasteiger partial charge in [-0.3, -0.25) is 14.8 Å². The van der Waals surface area contributed by atoms with Crippen molar-refractivity contribution in [2.45, 2.75) is 13.8 Å². The molecular weight excluding hydrogens is 318 g/mol. The average Bonchev–Trinajstić information content (AvgIpc) is 2.62. The van der Waals surface area contributed by atoms with Crippen molar-refractivity contribution >= 4 is 28.5 Å². The Morgan fingerprint density at radius 1 is 1.16 bits per heavy atom. The Labute approximate surface area is 144 Å². The number of anilines is 1. The highest BCUT2D eigenvalue weighted by Crippen LogP contribution is 2.25. The Morgan fingerprint density at radius 2 is 2.00 bits per heavy atom. The molecule has 1 aromatic carbocycles. The third-order valence-corrected chi connectivity index (χ3v) is 3.62. The number of pyridine rings is 2. The fraction of sp³-hybridized carbons (Fsp3) is 0.158. The van der Waals surface area contributed by atoms with Crippen LogP contribution in [0.2, 0.25) is 0 Å². The molecule has 6 nitrogen and oxygen atoms in total. The van der Waals surface area contributed by atoms with E-state index in [1.165, 1.54) is 6.20 Å². The van der Waals surface area contributed by atoms with Gasteiger partial charge in [0.1, 0.15) is 0 Å². The van der Waals surface area contributed by atoms with Crippen LogP contribution < -0.4 is 5.32 Å². The largest absolute Gasteiger partial charge is 0.462 e. The van der Waals surface area contributed by atoms with Crippen LogP contribution >= 0.6 is 0 Å². The molecule has 1 N–H and O–H groups in total. The van der Waals surface area contributed by atoms with E-state index in [-0.39, 0.29) is 5.91 Å². The minimum Gasteiger partial charge on any atom is -0.462 e. The number of hydrogen-bond donors (Lipinski definition) is 1. The highest BCUT2D eigenvalue weighted by Gasteiger charge is 2.13. The van der Waals surface area contributed by atoms with E-state index < -0.39 is 5.97 Å². The average molecular weight is 335 g/mol. The SMILES string of the molecule is CCOC(=O)c1ccc2nc(C)cc(NC(=O)c3cccnc3)c2c1. The Bertz CT molecular complexity index is 939. The number of aryl methyl sites for hydroxylation is 1. The third kappa shape index (κ3) is 3.63. The van der Waals surface area contributed by atoms with Gasteiger partial charge in [-0.05, 0) is 50.2 Å². The summed E-state index contributed by atoms with van der Waals surface area (Å²) < 4.78 is 5.04. The zero-order chi connectivity index (χ0) is 17.8. The van der Waals surface area contributed by atoms with Crippen molar-refractivity contribution < 1.29 is 14.3 Å². The number of ether oxygens (including phenoxy) is 1. The molecule has 0 atom stereocenters. The lowest BCUT2D eigenvalue weighted by Crippen LogP contribution is -2.13. The lowest BCUT2D eigenvalue weighted by atomic mass is 10.1. The van der Waals surface area contributed by atoms with Crippen molar-refractivity contribution in [3.8, 4) is 0 Å². The molecule has 6 heteroatoms. The first kappa shape index (κ1) is 16.6. The highest BCUT2D eigenvalue weighted by molar-refractivity contribution is 6.09. The molecule has 0 aliphatic carbocycles. The number of nitrogens with zero attached hydrogens (tertiary/aromatic N) is 2. The van der Waals surface area contributed by atoms with Crippen molar-refractivity contribution in [1.29, 1.82) is 0 Å². The fourth-order valence-corrected chi connectivity index (χ4v) is 2.49. The van der Waals surface area contributed by atoms with Crippen LogP contribution in [0.25, 0.3) is 10.9 Å². The van der Waals surface area contributed by atoms with Crippen LogP contribution in [-0.2, 0) is 4.74 Å². The van der Waals surface area contributed by atoms with Gasteiger partial charge in [0.05, 0.1) is 28.9 Å². The summed E-state index contributed by atoms with van der Waals surface area (Å²) in [7, 11) is 0. The van der Waals surface area contributed by atoms with Crippen LogP contribution in [0.1, 0.15) is 33.3 Å². The fourth-order valence-electron chi connectivity index (χ4n) is 2.49. The van der Waals surface area contributed by atoms with Gasteiger partial charge < -0.3 is 10.1 Å². The number of nitrogens with one attached hydrogen (secondary N) is 1. The predicted octanol–water partition coefficient (Wildman–Crippen LogP) is 3.37. The predicted molar refractivity (Wildman–Crippen MR) is 94.6 cm³/mol. The Balaban J connectivity index is 2.02. The topological polar surface area (TPSA) is 81.2 Å². The van der Waals surface area contributed by atoms with E-state index in [0.717, 1.165) is 5.69 Å². The van der Waals surface area contributed by atoms with Crippen molar-refractivity contribution in [1.82, 2.24) is 9.97 Å². The minimum atomic E-state index is -0.408. The van der Waals surface area contributed by atoms with E-state index >= 15 is 0 Å². The summed E-state index contributed by atoms with van der Waals surface area (Å²) >= 11 is 0. The van der Waals surface area contributed by atoms with Crippen LogP contribution in [-0.4, -0.2) is 28.5 Å². The summed E-state index contributed by atoms with van der Waals surface area (Å²) in [6.07, 6.45) is 3.10. The standard InChI is InChI=1S/C19H17N3O3/c1-3-25-19(24)13-6-7-16-15(10-13)17(9-12(2)21-16)22-18(23)14-5-4-8-20-11-14/h4-11H,3H2,1-2H3,(H,21,22,23). The summed E-state index contributed by atoms with van der Waals surface area (Å²) in [5.41, 5.74) is 2.90. The molecule has 2 aromatic heterocycles. The molecule has 3 aromatic rings. The normalized spacial score (nSPS) is 10.5. The molecule has 0 aliphatic rings. The zero-order valence-electron chi connectivity index (χ0n) is 13.9. The zero-order valence-corrected chi connectivity index (χ0v) is 13.9. The van der Waals surface area contributed by atoms with Gasteiger partial charge in [0.25, 0.3) is 5.91 Å². The maximum absolute atomic E-state index is 12.4. The molecule has 1 amide bonds. The lowest BCUT2D eigenvalue weighted by Gasteiger charge is -2.11. The number of rotatable bonds is 4. The first-order valence-corrected chi connectivity index (χ1v) is 7.88. The van der Waals surface area contributed by atoms with Gasteiger partial charge in [0.2, 0.25) is 0 Å². The molecule has 0 unspecified atom stereocenters. The molecule has 0 radical (unpaired) electrons. The van der Waals surface area contributed by atoms with E-state index in [2.05, 4.69) is 15.3 Å². The highest BCUT2D eigenvalue weighted by atomic mass is 16.5. The monoisotopic (exact) mass is 335 g/mol. The molecule has 0 fully saturated rings. The van der Waals surface area contributed by atoms with Gasteiger partial charge >= 0.3 is 5.97 Å². The molecule has 25 heavy (non-hydrogen) atoms. The molecular formula is C19H17N3O3. The van der Waals surface area contributed by atoms with Gasteiger partial charge in [-0.2, -0.15) is 0 Å². The maximum atomic E-state index is 12.4. The number of aromatic nitrogens is 2. The summed E-state index contributed by atoms with van der Waals surface area (Å²) in [6.45, 7) is 3.90. The van der Waals surface area contributed by atoms with Crippen molar-refractivity contribution in [3.05, 3.63) is 65.6 Å². The van der Waals surface area contributed by atoms with Crippen LogP contribution in [0.15, 0.2) is 48.8 Å². The van der Waals surface area contributed by atoms with E-state index in [1.807, 2.05) is 6.92 Å². The Morgan fingerprint density at radius 3 is 2.72 bits per heavy atom. The van der Waals surface area contributed by atoms with Crippen molar-refractivity contribution in [2.24, 2.45) is 0 Å². The summed E-state index contributed by atoms with van der Waals surface area (Å²) in [5, 5.41) is 3.54. The van der Waals surface area contributed by atoms with Gasteiger partial charge in [-0.1, -0.05) is 0 Å². The van der Waals surface area contributed by atoms with Gasteiger partial charge in [0, 0.05) is 23.5 Å². The lowest BCUT2D eigenvalue weighted by molar-refractivity contribution is 0.0526. The van der Waals surface area contributed by atoms with Crippen molar-refractivity contribution in [2.75, 3.05) is 11.9 Å². The molecule has 0 aliphatic heterocycles. The number of amides is 1.